The zero-order valence-electron chi connectivity index (χ0n) is 10.7. The van der Waals surface area contributed by atoms with E-state index in [1.165, 1.54) is 7.11 Å². The third kappa shape index (κ3) is 2.33. The smallest absolute Gasteiger partial charge is 0.178 e. The number of methoxy groups -OCH3 is 1. The number of ether oxygens (including phenoxy) is 1. The van der Waals surface area contributed by atoms with Crippen LogP contribution in [0, 0.1) is 5.82 Å². The van der Waals surface area contributed by atoms with Crippen molar-refractivity contribution in [3.05, 3.63) is 47.3 Å². The van der Waals surface area contributed by atoms with Gasteiger partial charge in [-0.3, -0.25) is 0 Å². The average Bonchev–Trinajstić information content (AvgIpc) is 2.48. The van der Waals surface area contributed by atoms with Crippen molar-refractivity contribution in [3.8, 4) is 17.2 Å². The highest BCUT2D eigenvalue weighted by Crippen LogP contribution is 2.40. The van der Waals surface area contributed by atoms with Crippen molar-refractivity contribution in [2.75, 3.05) is 12.8 Å². The lowest BCUT2D eigenvalue weighted by Crippen LogP contribution is -2.03. The molecule has 0 aliphatic carbocycles. The Morgan fingerprint density at radius 3 is 2.30 bits per heavy atom. The number of hydrogen-bond acceptors (Lipinski definition) is 5. The third-order valence-corrected chi connectivity index (χ3v) is 3.02. The number of hydrogen-bond donors (Lipinski definition) is 4. The zero-order chi connectivity index (χ0) is 14.9. The van der Waals surface area contributed by atoms with Gasteiger partial charge in [0.25, 0.3) is 0 Å². The quantitative estimate of drug-likeness (QED) is 0.508. The van der Waals surface area contributed by atoms with Crippen molar-refractivity contribution in [1.82, 2.24) is 0 Å². The van der Waals surface area contributed by atoms with Gasteiger partial charge in [0.1, 0.15) is 23.3 Å². The molecule has 0 saturated heterocycles. The maximum Gasteiger partial charge on any atom is 0.178 e. The maximum absolute atomic E-state index is 13.4. The number of rotatable bonds is 3. The minimum absolute atomic E-state index is 0.122. The molecule has 0 bridgehead atoms. The molecule has 20 heavy (non-hydrogen) atoms. The monoisotopic (exact) mass is 279 g/mol. The highest BCUT2D eigenvalue weighted by Gasteiger charge is 2.21. The first-order chi connectivity index (χ1) is 9.45. The SMILES string of the molecule is COc1ccc(C(O)c2cc(F)c(O)c(N)c2O)cc1. The van der Waals surface area contributed by atoms with Crippen molar-refractivity contribution < 1.29 is 24.4 Å². The minimum Gasteiger partial charge on any atom is -0.505 e. The number of halogens is 1. The van der Waals surface area contributed by atoms with Crippen molar-refractivity contribution in [1.29, 1.82) is 0 Å². The first-order valence-corrected chi connectivity index (χ1v) is 5.77. The molecule has 5 nitrogen and oxygen atoms in total. The number of anilines is 1. The summed E-state index contributed by atoms with van der Waals surface area (Å²) in [7, 11) is 1.51. The molecule has 0 aliphatic rings. The number of nitrogen functional groups attached to an aromatic ring is 1. The summed E-state index contributed by atoms with van der Waals surface area (Å²) < 4.78 is 18.4. The zero-order valence-corrected chi connectivity index (χ0v) is 10.7. The van der Waals surface area contributed by atoms with Crippen LogP contribution >= 0.6 is 0 Å². The van der Waals surface area contributed by atoms with E-state index in [-0.39, 0.29) is 5.56 Å². The molecule has 0 aliphatic heterocycles. The normalized spacial score (nSPS) is 12.2. The van der Waals surface area contributed by atoms with Gasteiger partial charge < -0.3 is 25.8 Å². The first-order valence-electron chi connectivity index (χ1n) is 5.77. The van der Waals surface area contributed by atoms with Crippen molar-refractivity contribution in [2.24, 2.45) is 0 Å². The Kier molecular flexibility index (Phi) is 3.67. The van der Waals surface area contributed by atoms with Crippen LogP contribution in [-0.4, -0.2) is 22.4 Å². The predicted octanol–water partition coefficient (Wildman–Crippen LogP) is 1.91. The fourth-order valence-corrected chi connectivity index (χ4v) is 1.84. The van der Waals surface area contributed by atoms with E-state index in [0.29, 0.717) is 11.3 Å². The number of nitrogens with two attached hydrogens (primary N) is 1. The molecular formula is C14H14FNO4. The lowest BCUT2D eigenvalue weighted by atomic mass is 9.99. The second-order valence-electron chi connectivity index (χ2n) is 4.23. The highest BCUT2D eigenvalue weighted by molar-refractivity contribution is 5.66. The molecule has 2 rings (SSSR count). The maximum atomic E-state index is 13.4. The fraction of sp³-hybridized carbons (Fsp3) is 0.143. The molecule has 0 radical (unpaired) electrons. The molecular weight excluding hydrogens is 265 g/mol. The Hall–Kier alpha value is -2.47. The minimum atomic E-state index is -1.28. The van der Waals surface area contributed by atoms with Gasteiger partial charge in [0.2, 0.25) is 0 Å². The first kappa shape index (κ1) is 14.0. The fourth-order valence-electron chi connectivity index (χ4n) is 1.84. The summed E-state index contributed by atoms with van der Waals surface area (Å²) in [6.07, 6.45) is -1.28. The standard InChI is InChI=1S/C14H14FNO4/c1-20-8-4-2-7(3-5-8)12(17)9-6-10(15)14(19)11(16)13(9)18/h2-6,12,17-19H,16H2,1H3. The molecule has 5 N–H and O–H groups in total. The predicted molar refractivity (Wildman–Crippen MR) is 71.2 cm³/mol. The van der Waals surface area contributed by atoms with Gasteiger partial charge in [-0.1, -0.05) is 12.1 Å². The van der Waals surface area contributed by atoms with Crippen LogP contribution in [0.5, 0.6) is 17.2 Å². The molecule has 6 heteroatoms. The van der Waals surface area contributed by atoms with E-state index >= 15 is 0 Å². The topological polar surface area (TPSA) is 95.9 Å². The second kappa shape index (κ2) is 5.26. The van der Waals surface area contributed by atoms with Crippen molar-refractivity contribution in [3.63, 3.8) is 0 Å². The molecule has 0 heterocycles. The van der Waals surface area contributed by atoms with Crippen LogP contribution in [-0.2, 0) is 0 Å². The highest BCUT2D eigenvalue weighted by atomic mass is 19.1. The molecule has 2 aromatic rings. The molecule has 0 aromatic heterocycles. The molecule has 0 spiro atoms. The molecule has 2 aromatic carbocycles. The Morgan fingerprint density at radius 1 is 1.15 bits per heavy atom. The van der Waals surface area contributed by atoms with Crippen LogP contribution in [0.25, 0.3) is 0 Å². The van der Waals surface area contributed by atoms with Gasteiger partial charge in [0.05, 0.1) is 7.11 Å². The van der Waals surface area contributed by atoms with Gasteiger partial charge in [0, 0.05) is 5.56 Å². The van der Waals surface area contributed by atoms with Crippen LogP contribution in [0.15, 0.2) is 30.3 Å². The summed E-state index contributed by atoms with van der Waals surface area (Å²) in [4.78, 5) is 0. The van der Waals surface area contributed by atoms with E-state index in [2.05, 4.69) is 0 Å². The molecule has 106 valence electrons. The summed E-state index contributed by atoms with van der Waals surface area (Å²) in [5, 5.41) is 29.2. The number of phenols is 2. The number of phenolic OH excluding ortho intramolecular Hbond substituents is 2. The van der Waals surface area contributed by atoms with Gasteiger partial charge in [-0.15, -0.1) is 0 Å². The van der Waals surface area contributed by atoms with Gasteiger partial charge in [-0.25, -0.2) is 4.39 Å². The van der Waals surface area contributed by atoms with E-state index in [0.717, 1.165) is 6.07 Å². The summed E-state index contributed by atoms with van der Waals surface area (Å²) in [5.41, 5.74) is 5.17. The van der Waals surface area contributed by atoms with Crippen molar-refractivity contribution >= 4 is 5.69 Å². The van der Waals surface area contributed by atoms with E-state index in [4.69, 9.17) is 10.5 Å². The lowest BCUT2D eigenvalue weighted by Gasteiger charge is -2.15. The van der Waals surface area contributed by atoms with Gasteiger partial charge in [0.15, 0.2) is 11.6 Å². The number of aliphatic hydroxyl groups excluding tert-OH is 1. The van der Waals surface area contributed by atoms with Gasteiger partial charge in [-0.2, -0.15) is 0 Å². The number of benzene rings is 2. The summed E-state index contributed by atoms with van der Waals surface area (Å²) in [5.74, 6) is -1.80. The van der Waals surface area contributed by atoms with Crippen LogP contribution in [0.4, 0.5) is 10.1 Å². The summed E-state index contributed by atoms with van der Waals surface area (Å²) >= 11 is 0. The van der Waals surface area contributed by atoms with E-state index in [1.807, 2.05) is 0 Å². The van der Waals surface area contributed by atoms with Gasteiger partial charge in [-0.05, 0) is 23.8 Å². The molecule has 1 atom stereocenters. The summed E-state index contributed by atoms with van der Waals surface area (Å²) in [6.45, 7) is 0. The molecule has 0 fully saturated rings. The average molecular weight is 279 g/mol. The second-order valence-corrected chi connectivity index (χ2v) is 4.23. The molecule has 0 amide bonds. The number of aliphatic hydroxyl groups is 1. The van der Waals surface area contributed by atoms with Crippen LogP contribution in [0.1, 0.15) is 17.2 Å². The molecule has 1 unspecified atom stereocenters. The third-order valence-electron chi connectivity index (χ3n) is 3.02. The van der Waals surface area contributed by atoms with Crippen molar-refractivity contribution in [2.45, 2.75) is 6.10 Å². The van der Waals surface area contributed by atoms with E-state index in [1.54, 1.807) is 24.3 Å². The summed E-state index contributed by atoms with van der Waals surface area (Å²) in [6, 6.07) is 7.23. The lowest BCUT2D eigenvalue weighted by molar-refractivity contribution is 0.214. The van der Waals surface area contributed by atoms with Crippen LogP contribution < -0.4 is 10.5 Å². The van der Waals surface area contributed by atoms with E-state index < -0.39 is 29.1 Å². The Labute approximate surface area is 114 Å². The Morgan fingerprint density at radius 2 is 1.75 bits per heavy atom. The molecule has 0 saturated carbocycles. The Bertz CT molecular complexity index is 628. The number of aromatic hydroxyl groups is 2. The largest absolute Gasteiger partial charge is 0.505 e. The van der Waals surface area contributed by atoms with Gasteiger partial charge >= 0.3 is 0 Å². The Balaban J connectivity index is 2.44. The van der Waals surface area contributed by atoms with Crippen LogP contribution in [0.2, 0.25) is 0 Å². The van der Waals surface area contributed by atoms with Crippen LogP contribution in [0.3, 0.4) is 0 Å². The van der Waals surface area contributed by atoms with E-state index in [9.17, 15) is 19.7 Å².